The van der Waals surface area contributed by atoms with Crippen LogP contribution < -0.4 is 5.32 Å². The summed E-state index contributed by atoms with van der Waals surface area (Å²) in [5.74, 6) is 0.0330. The van der Waals surface area contributed by atoms with Gasteiger partial charge in [0.1, 0.15) is 0 Å². The number of carbonyl (C=O) groups excluding carboxylic acids is 1. The molecule has 2 aromatic heterocycles. The third-order valence-corrected chi connectivity index (χ3v) is 6.41. The lowest BCUT2D eigenvalue weighted by atomic mass is 10.2. The molecule has 7 nitrogen and oxygen atoms in total. The Morgan fingerprint density at radius 2 is 1.83 bits per heavy atom. The lowest BCUT2D eigenvalue weighted by molar-refractivity contribution is 0.101. The van der Waals surface area contributed by atoms with Crippen molar-refractivity contribution in [3.63, 3.8) is 0 Å². The van der Waals surface area contributed by atoms with Crippen molar-refractivity contribution in [2.75, 3.05) is 11.6 Å². The molecule has 2 heterocycles. The molecule has 4 rings (SSSR count). The van der Waals surface area contributed by atoms with Crippen LogP contribution >= 0.6 is 11.3 Å². The van der Waals surface area contributed by atoms with Gasteiger partial charge in [-0.1, -0.05) is 30.3 Å². The molecule has 0 atom stereocenters. The molecule has 0 spiro atoms. The molecule has 9 heteroatoms. The van der Waals surface area contributed by atoms with Crippen molar-refractivity contribution in [1.29, 1.82) is 0 Å². The zero-order valence-corrected chi connectivity index (χ0v) is 17.9. The van der Waals surface area contributed by atoms with Crippen molar-refractivity contribution in [3.8, 4) is 16.4 Å². The van der Waals surface area contributed by atoms with E-state index in [9.17, 15) is 13.2 Å². The van der Waals surface area contributed by atoms with Crippen LogP contribution in [0.2, 0.25) is 0 Å². The molecule has 0 saturated heterocycles. The largest absolute Gasteiger partial charge is 0.319 e. The molecule has 0 aliphatic carbocycles. The van der Waals surface area contributed by atoms with Crippen molar-refractivity contribution in [3.05, 3.63) is 77.4 Å². The van der Waals surface area contributed by atoms with Gasteiger partial charge < -0.3 is 5.32 Å². The maximum Gasteiger partial charge on any atom is 0.295 e. The zero-order chi connectivity index (χ0) is 21.3. The van der Waals surface area contributed by atoms with Crippen LogP contribution in [0, 0.1) is 6.92 Å². The fourth-order valence-corrected chi connectivity index (χ4v) is 4.21. The Morgan fingerprint density at radius 1 is 1.07 bits per heavy atom. The lowest BCUT2D eigenvalue weighted by Gasteiger charge is -2.08. The summed E-state index contributed by atoms with van der Waals surface area (Å²) in [7, 11) is -3.40. The first-order valence-electron chi connectivity index (χ1n) is 9.01. The third-order valence-electron chi connectivity index (χ3n) is 4.44. The number of amides is 1. The van der Waals surface area contributed by atoms with Gasteiger partial charge in [0.15, 0.2) is 15.7 Å². The van der Waals surface area contributed by atoms with Crippen LogP contribution in [0.3, 0.4) is 0 Å². The van der Waals surface area contributed by atoms with Crippen LogP contribution in [0.25, 0.3) is 16.4 Å². The summed E-state index contributed by atoms with van der Waals surface area (Å²) in [4.78, 5) is 18.4. The van der Waals surface area contributed by atoms with Crippen LogP contribution in [0.4, 0.5) is 5.69 Å². The highest BCUT2D eigenvalue weighted by molar-refractivity contribution is 7.90. The van der Waals surface area contributed by atoms with Gasteiger partial charge in [0, 0.05) is 11.9 Å². The number of benzene rings is 2. The Bertz CT molecular complexity index is 1310. The summed E-state index contributed by atoms with van der Waals surface area (Å²) < 4.78 is 25.3. The molecular formula is C21H18N4O3S2. The van der Waals surface area contributed by atoms with E-state index in [0.29, 0.717) is 11.5 Å². The topological polar surface area (TPSA) is 94.0 Å². The van der Waals surface area contributed by atoms with E-state index in [1.54, 1.807) is 17.7 Å². The molecule has 1 N–H and O–H groups in total. The first kappa shape index (κ1) is 20.0. The molecule has 152 valence electrons. The number of hydrogen-bond acceptors (Lipinski definition) is 6. The van der Waals surface area contributed by atoms with Gasteiger partial charge in [-0.2, -0.15) is 0 Å². The summed E-state index contributed by atoms with van der Waals surface area (Å²) in [6, 6.07) is 17.9. The second-order valence-electron chi connectivity index (χ2n) is 6.69. The summed E-state index contributed by atoms with van der Waals surface area (Å²) in [5, 5.41) is 9.08. The Morgan fingerprint density at radius 3 is 2.50 bits per heavy atom. The molecule has 0 saturated carbocycles. The summed E-state index contributed by atoms with van der Waals surface area (Å²) >= 11 is 1.50. The highest BCUT2D eigenvalue weighted by Gasteiger charge is 2.20. The first-order chi connectivity index (χ1) is 14.3. The first-order valence-corrected chi connectivity index (χ1v) is 11.8. The molecule has 2 aromatic carbocycles. The number of anilines is 1. The summed E-state index contributed by atoms with van der Waals surface area (Å²) in [6.07, 6.45) is 1.12. The number of rotatable bonds is 5. The maximum atomic E-state index is 12.9. The number of aromatic nitrogens is 3. The van der Waals surface area contributed by atoms with Gasteiger partial charge in [-0.25, -0.2) is 18.1 Å². The van der Waals surface area contributed by atoms with E-state index >= 15 is 0 Å². The van der Waals surface area contributed by atoms with Crippen LogP contribution in [0.15, 0.2) is 70.9 Å². The summed E-state index contributed by atoms with van der Waals surface area (Å²) in [5.41, 5.74) is 1.91. The monoisotopic (exact) mass is 438 g/mol. The van der Waals surface area contributed by atoms with Gasteiger partial charge >= 0.3 is 0 Å². The number of nitrogens with one attached hydrogen (secondary N) is 1. The normalized spacial score (nSPS) is 11.4. The van der Waals surface area contributed by atoms with E-state index in [0.717, 1.165) is 22.4 Å². The number of thiophene rings is 1. The quantitative estimate of drug-likeness (QED) is 0.509. The SMILES string of the molecule is Cc1ccc(S(C)(=O)=O)cc1NC(=O)c1nc(-c2cccs2)n(-c2ccccc2)n1. The van der Waals surface area contributed by atoms with Gasteiger partial charge in [-0.3, -0.25) is 4.79 Å². The Labute approximate surface area is 178 Å². The van der Waals surface area contributed by atoms with Crippen LogP contribution in [0.5, 0.6) is 0 Å². The van der Waals surface area contributed by atoms with E-state index in [1.165, 1.54) is 23.5 Å². The van der Waals surface area contributed by atoms with Gasteiger partial charge in [0.2, 0.25) is 5.82 Å². The molecule has 1 amide bonds. The summed E-state index contributed by atoms with van der Waals surface area (Å²) in [6.45, 7) is 1.79. The van der Waals surface area contributed by atoms with Crippen LogP contribution in [-0.4, -0.2) is 35.3 Å². The number of sulfone groups is 1. The molecule has 0 aliphatic heterocycles. The minimum atomic E-state index is -3.40. The average molecular weight is 439 g/mol. The van der Waals surface area contributed by atoms with Gasteiger partial charge in [0.05, 0.1) is 15.5 Å². The molecule has 0 unspecified atom stereocenters. The zero-order valence-electron chi connectivity index (χ0n) is 16.2. The molecule has 0 radical (unpaired) electrons. The standard InChI is InChI=1S/C21H18N4O3S2/c1-14-10-11-16(30(2,27)28)13-17(14)22-21(26)19-23-20(18-9-6-12-29-18)25(24-19)15-7-4-3-5-8-15/h3-13H,1-2H3,(H,22,26). The van der Waals surface area contributed by atoms with Crippen molar-refractivity contribution in [1.82, 2.24) is 14.8 Å². The molecular weight excluding hydrogens is 420 g/mol. The molecule has 4 aromatic rings. The van der Waals surface area contributed by atoms with Crippen LogP contribution in [-0.2, 0) is 9.84 Å². The van der Waals surface area contributed by atoms with Crippen molar-refractivity contribution in [2.24, 2.45) is 0 Å². The number of nitrogens with zero attached hydrogens (tertiary/aromatic N) is 3. The van der Waals surface area contributed by atoms with E-state index in [-0.39, 0.29) is 10.7 Å². The second kappa shape index (κ2) is 7.85. The number of aryl methyl sites for hydroxylation is 1. The van der Waals surface area contributed by atoms with Crippen molar-refractivity contribution in [2.45, 2.75) is 11.8 Å². The third kappa shape index (κ3) is 4.03. The van der Waals surface area contributed by atoms with E-state index < -0.39 is 15.7 Å². The molecule has 0 fully saturated rings. The van der Waals surface area contributed by atoms with Gasteiger partial charge in [-0.05, 0) is 48.2 Å². The molecule has 0 bridgehead atoms. The van der Waals surface area contributed by atoms with Crippen LogP contribution in [0.1, 0.15) is 16.2 Å². The Balaban J connectivity index is 1.72. The smallest absolute Gasteiger partial charge is 0.295 e. The number of para-hydroxylation sites is 1. The van der Waals surface area contributed by atoms with E-state index in [2.05, 4.69) is 15.4 Å². The maximum absolute atomic E-state index is 12.9. The van der Waals surface area contributed by atoms with Gasteiger partial charge in [0.25, 0.3) is 5.91 Å². The second-order valence-corrected chi connectivity index (χ2v) is 9.65. The fourth-order valence-electron chi connectivity index (χ4n) is 2.87. The number of carbonyl (C=O) groups is 1. The number of hydrogen-bond donors (Lipinski definition) is 1. The molecule has 0 aliphatic rings. The fraction of sp³-hybridized carbons (Fsp3) is 0.0952. The average Bonchev–Trinajstić information content (AvgIpc) is 3.39. The van der Waals surface area contributed by atoms with Crippen molar-refractivity contribution < 1.29 is 13.2 Å². The predicted octanol–water partition coefficient (Wildman–Crippen LogP) is 3.96. The van der Waals surface area contributed by atoms with E-state index in [1.807, 2.05) is 47.8 Å². The Hall–Kier alpha value is -3.30. The minimum Gasteiger partial charge on any atom is -0.319 e. The highest BCUT2D eigenvalue weighted by atomic mass is 32.2. The highest BCUT2D eigenvalue weighted by Crippen LogP contribution is 2.26. The minimum absolute atomic E-state index is 0.00795. The van der Waals surface area contributed by atoms with Gasteiger partial charge in [-0.15, -0.1) is 16.4 Å². The molecule has 30 heavy (non-hydrogen) atoms. The Kier molecular flexibility index (Phi) is 5.23. The predicted molar refractivity (Wildman–Crippen MR) is 117 cm³/mol. The van der Waals surface area contributed by atoms with Crippen molar-refractivity contribution >= 4 is 32.8 Å². The van der Waals surface area contributed by atoms with E-state index in [4.69, 9.17) is 0 Å². The lowest BCUT2D eigenvalue weighted by Crippen LogP contribution is -2.15.